The van der Waals surface area contributed by atoms with E-state index in [2.05, 4.69) is 57.7 Å². The van der Waals surface area contributed by atoms with Gasteiger partial charge in [0.1, 0.15) is 11.6 Å². The van der Waals surface area contributed by atoms with Gasteiger partial charge in [-0.15, -0.1) is 10.2 Å². The van der Waals surface area contributed by atoms with E-state index >= 15 is 0 Å². The standard InChI is InChI=1S/C20H28N6/c1-4-26-19(15-24(2)3)22-23-20(26)18-8-10-25(11-9-18)14-17-7-5-6-16(12-17)13-21/h5-7,12,18H,4,8-11,14-15H2,1-3H3. The minimum absolute atomic E-state index is 0.486. The number of hydrogen-bond donors (Lipinski definition) is 0. The molecule has 1 aliphatic heterocycles. The average molecular weight is 352 g/mol. The molecule has 0 radical (unpaired) electrons. The van der Waals surface area contributed by atoms with Crippen molar-refractivity contribution in [2.24, 2.45) is 0 Å². The molecule has 1 fully saturated rings. The second kappa shape index (κ2) is 8.43. The Labute approximate surface area is 156 Å². The first-order valence-corrected chi connectivity index (χ1v) is 9.38. The fraction of sp³-hybridized carbons (Fsp3) is 0.550. The maximum atomic E-state index is 9.05. The fourth-order valence-corrected chi connectivity index (χ4v) is 3.74. The molecule has 2 heterocycles. The van der Waals surface area contributed by atoms with Gasteiger partial charge in [-0.1, -0.05) is 12.1 Å². The van der Waals surface area contributed by atoms with E-state index in [1.54, 1.807) is 0 Å². The van der Waals surface area contributed by atoms with Crippen LogP contribution in [0.2, 0.25) is 0 Å². The molecule has 0 atom stereocenters. The Kier molecular flexibility index (Phi) is 6.02. The molecule has 0 N–H and O–H groups in total. The fourth-order valence-electron chi connectivity index (χ4n) is 3.74. The van der Waals surface area contributed by atoms with Gasteiger partial charge in [-0.25, -0.2) is 0 Å². The van der Waals surface area contributed by atoms with E-state index in [1.165, 1.54) is 5.56 Å². The minimum Gasteiger partial charge on any atom is -0.314 e. The molecule has 26 heavy (non-hydrogen) atoms. The Morgan fingerprint density at radius 1 is 1.23 bits per heavy atom. The number of nitriles is 1. The Balaban J connectivity index is 1.62. The van der Waals surface area contributed by atoms with Crippen LogP contribution in [0.5, 0.6) is 0 Å². The molecule has 3 rings (SSSR count). The van der Waals surface area contributed by atoms with Crippen LogP contribution in [0, 0.1) is 11.3 Å². The highest BCUT2D eigenvalue weighted by Crippen LogP contribution is 2.28. The van der Waals surface area contributed by atoms with Crippen molar-refractivity contribution in [2.45, 2.75) is 45.3 Å². The van der Waals surface area contributed by atoms with Gasteiger partial charge in [-0.3, -0.25) is 4.90 Å². The summed E-state index contributed by atoms with van der Waals surface area (Å²) >= 11 is 0. The lowest BCUT2D eigenvalue weighted by Gasteiger charge is -2.31. The largest absolute Gasteiger partial charge is 0.314 e. The van der Waals surface area contributed by atoms with Crippen molar-refractivity contribution >= 4 is 0 Å². The zero-order valence-corrected chi connectivity index (χ0v) is 16.0. The van der Waals surface area contributed by atoms with Crippen LogP contribution in [0.25, 0.3) is 0 Å². The molecular formula is C20H28N6. The summed E-state index contributed by atoms with van der Waals surface area (Å²) in [7, 11) is 4.13. The molecule has 0 amide bonds. The second-order valence-electron chi connectivity index (χ2n) is 7.32. The highest BCUT2D eigenvalue weighted by molar-refractivity contribution is 5.32. The molecule has 0 aliphatic carbocycles. The summed E-state index contributed by atoms with van der Waals surface area (Å²) in [5, 5.41) is 18.0. The van der Waals surface area contributed by atoms with Gasteiger partial charge in [0.05, 0.1) is 18.2 Å². The van der Waals surface area contributed by atoms with Crippen molar-refractivity contribution in [2.75, 3.05) is 27.2 Å². The predicted molar refractivity (Wildman–Crippen MR) is 101 cm³/mol. The molecule has 138 valence electrons. The first-order chi connectivity index (χ1) is 12.6. The molecule has 2 aromatic rings. The Hall–Kier alpha value is -2.23. The SMILES string of the molecule is CCn1c(CN(C)C)nnc1C1CCN(Cc2cccc(C#N)c2)CC1. The summed E-state index contributed by atoms with van der Waals surface area (Å²) in [5.74, 6) is 2.69. The third-order valence-electron chi connectivity index (χ3n) is 5.04. The third kappa shape index (κ3) is 4.29. The quantitative estimate of drug-likeness (QED) is 0.800. The van der Waals surface area contributed by atoms with Crippen molar-refractivity contribution < 1.29 is 0 Å². The maximum absolute atomic E-state index is 9.05. The van der Waals surface area contributed by atoms with Crippen LogP contribution >= 0.6 is 0 Å². The van der Waals surface area contributed by atoms with Crippen molar-refractivity contribution in [1.29, 1.82) is 5.26 Å². The number of piperidine rings is 1. The zero-order valence-electron chi connectivity index (χ0n) is 16.0. The number of rotatable bonds is 6. The summed E-state index contributed by atoms with van der Waals surface area (Å²) in [5.41, 5.74) is 1.95. The number of aromatic nitrogens is 3. The summed E-state index contributed by atoms with van der Waals surface area (Å²) in [6.07, 6.45) is 2.22. The van der Waals surface area contributed by atoms with E-state index in [-0.39, 0.29) is 0 Å². The number of likely N-dealkylation sites (tertiary alicyclic amines) is 1. The van der Waals surface area contributed by atoms with E-state index in [0.29, 0.717) is 5.92 Å². The van der Waals surface area contributed by atoms with E-state index in [0.717, 1.165) is 62.8 Å². The van der Waals surface area contributed by atoms with Crippen molar-refractivity contribution in [1.82, 2.24) is 24.6 Å². The van der Waals surface area contributed by atoms with Gasteiger partial charge in [-0.2, -0.15) is 5.26 Å². The average Bonchev–Trinajstić information content (AvgIpc) is 3.04. The van der Waals surface area contributed by atoms with Crippen molar-refractivity contribution in [3.8, 4) is 6.07 Å². The van der Waals surface area contributed by atoms with Gasteiger partial charge in [0.25, 0.3) is 0 Å². The second-order valence-corrected chi connectivity index (χ2v) is 7.32. The molecule has 6 heteroatoms. The van der Waals surface area contributed by atoms with Crippen LogP contribution in [0.3, 0.4) is 0 Å². The topological polar surface area (TPSA) is 61.0 Å². The normalized spacial score (nSPS) is 16.1. The molecule has 0 spiro atoms. The lowest BCUT2D eigenvalue weighted by atomic mass is 9.95. The highest BCUT2D eigenvalue weighted by Gasteiger charge is 2.25. The monoisotopic (exact) mass is 352 g/mol. The van der Waals surface area contributed by atoms with Crippen LogP contribution < -0.4 is 0 Å². The molecule has 6 nitrogen and oxygen atoms in total. The molecule has 0 saturated carbocycles. The predicted octanol–water partition coefficient (Wildman–Crippen LogP) is 2.61. The lowest BCUT2D eigenvalue weighted by Crippen LogP contribution is -2.33. The lowest BCUT2D eigenvalue weighted by molar-refractivity contribution is 0.200. The molecular weight excluding hydrogens is 324 g/mol. The van der Waals surface area contributed by atoms with E-state index in [4.69, 9.17) is 5.26 Å². The summed E-state index contributed by atoms with van der Waals surface area (Å²) < 4.78 is 2.29. The van der Waals surface area contributed by atoms with Gasteiger partial charge in [-0.05, 0) is 64.6 Å². The van der Waals surface area contributed by atoms with E-state index < -0.39 is 0 Å². The number of benzene rings is 1. The van der Waals surface area contributed by atoms with Crippen LogP contribution in [0.1, 0.15) is 48.5 Å². The molecule has 1 aromatic carbocycles. The Morgan fingerprint density at radius 3 is 2.65 bits per heavy atom. The molecule has 0 bridgehead atoms. The first-order valence-electron chi connectivity index (χ1n) is 9.38. The van der Waals surface area contributed by atoms with Crippen molar-refractivity contribution in [3.63, 3.8) is 0 Å². The first kappa shape index (κ1) is 18.6. The zero-order chi connectivity index (χ0) is 18.5. The van der Waals surface area contributed by atoms with E-state index in [9.17, 15) is 0 Å². The highest BCUT2D eigenvalue weighted by atomic mass is 15.3. The molecule has 1 aromatic heterocycles. The van der Waals surface area contributed by atoms with Gasteiger partial charge >= 0.3 is 0 Å². The van der Waals surface area contributed by atoms with Crippen LogP contribution in [0.4, 0.5) is 0 Å². The Morgan fingerprint density at radius 2 is 2.00 bits per heavy atom. The molecule has 1 aliphatic rings. The van der Waals surface area contributed by atoms with Gasteiger partial charge in [0, 0.05) is 19.0 Å². The van der Waals surface area contributed by atoms with Gasteiger partial charge in [0.2, 0.25) is 0 Å². The van der Waals surface area contributed by atoms with E-state index in [1.807, 2.05) is 18.2 Å². The minimum atomic E-state index is 0.486. The maximum Gasteiger partial charge on any atom is 0.147 e. The molecule has 0 unspecified atom stereocenters. The third-order valence-corrected chi connectivity index (χ3v) is 5.04. The van der Waals surface area contributed by atoms with Crippen molar-refractivity contribution in [3.05, 3.63) is 47.0 Å². The summed E-state index contributed by atoms with van der Waals surface area (Å²) in [4.78, 5) is 4.61. The Bertz CT molecular complexity index is 765. The van der Waals surface area contributed by atoms with Gasteiger partial charge < -0.3 is 9.47 Å². The summed E-state index contributed by atoms with van der Waals surface area (Å²) in [6.45, 7) is 6.95. The van der Waals surface area contributed by atoms with Crippen LogP contribution in [-0.4, -0.2) is 51.7 Å². The number of nitrogens with zero attached hydrogens (tertiary/aromatic N) is 6. The van der Waals surface area contributed by atoms with Crippen LogP contribution in [-0.2, 0) is 19.6 Å². The molecule has 1 saturated heterocycles. The summed E-state index contributed by atoms with van der Waals surface area (Å²) in [6, 6.07) is 10.1. The van der Waals surface area contributed by atoms with Gasteiger partial charge in [0.15, 0.2) is 0 Å². The smallest absolute Gasteiger partial charge is 0.147 e. The number of hydrogen-bond acceptors (Lipinski definition) is 5. The van der Waals surface area contributed by atoms with Crippen LogP contribution in [0.15, 0.2) is 24.3 Å².